The van der Waals surface area contributed by atoms with Crippen LogP contribution in [-0.2, 0) is 11.2 Å². The van der Waals surface area contributed by atoms with Gasteiger partial charge in [-0.1, -0.05) is 36.4 Å². The van der Waals surface area contributed by atoms with Crippen LogP contribution in [0.25, 0.3) is 0 Å². The Hall–Kier alpha value is -3.22. The lowest BCUT2D eigenvalue weighted by Gasteiger charge is -2.07. The third kappa shape index (κ3) is 4.92. The van der Waals surface area contributed by atoms with E-state index in [1.165, 1.54) is 18.2 Å². The van der Waals surface area contributed by atoms with Gasteiger partial charge in [0, 0.05) is 24.1 Å². The van der Waals surface area contributed by atoms with E-state index in [1.807, 2.05) is 30.3 Å². The summed E-state index contributed by atoms with van der Waals surface area (Å²) in [5.41, 5.74) is 5.47. The zero-order valence-corrected chi connectivity index (χ0v) is 12.2. The van der Waals surface area contributed by atoms with Crippen LogP contribution in [-0.4, -0.2) is 16.7 Å². The number of carbonyl (C=O) groups is 2. The molecule has 2 N–H and O–H groups in total. The lowest BCUT2D eigenvalue weighted by Crippen LogP contribution is -2.41. The number of nitrogens with one attached hydrogen (secondary N) is 2. The normalized spacial score (nSPS) is 9.91. The van der Waals surface area contributed by atoms with Crippen LogP contribution in [0, 0.1) is 10.1 Å². The van der Waals surface area contributed by atoms with Crippen molar-refractivity contribution in [2.45, 2.75) is 12.8 Å². The average Bonchev–Trinajstić information content (AvgIpc) is 2.58. The quantitative estimate of drug-likeness (QED) is 0.651. The van der Waals surface area contributed by atoms with Crippen molar-refractivity contribution in [3.05, 3.63) is 75.8 Å². The second kappa shape index (κ2) is 7.69. The topological polar surface area (TPSA) is 101 Å². The fourth-order valence-electron chi connectivity index (χ4n) is 1.92. The highest BCUT2D eigenvalue weighted by Gasteiger charge is 2.12. The number of nitro groups is 1. The van der Waals surface area contributed by atoms with Crippen LogP contribution in [0.3, 0.4) is 0 Å². The van der Waals surface area contributed by atoms with Gasteiger partial charge in [-0.2, -0.15) is 0 Å². The third-order valence-corrected chi connectivity index (χ3v) is 3.12. The maximum atomic E-state index is 11.8. The Morgan fingerprint density at radius 1 is 1.00 bits per heavy atom. The van der Waals surface area contributed by atoms with Crippen LogP contribution in [0.4, 0.5) is 5.69 Å². The Kier molecular flexibility index (Phi) is 5.40. The number of benzene rings is 2. The summed E-state index contributed by atoms with van der Waals surface area (Å²) < 4.78 is 0. The van der Waals surface area contributed by atoms with Crippen LogP contribution in [0.2, 0.25) is 0 Å². The molecule has 0 heterocycles. The number of hydrogen-bond acceptors (Lipinski definition) is 4. The first-order valence-corrected chi connectivity index (χ1v) is 6.94. The number of carbonyl (C=O) groups excluding carboxylic acids is 2. The van der Waals surface area contributed by atoms with Gasteiger partial charge in [-0.05, 0) is 18.1 Å². The van der Waals surface area contributed by atoms with E-state index in [2.05, 4.69) is 10.9 Å². The lowest BCUT2D eigenvalue weighted by atomic mass is 10.1. The van der Waals surface area contributed by atoms with Crippen molar-refractivity contribution in [3.8, 4) is 0 Å². The van der Waals surface area contributed by atoms with Gasteiger partial charge in [0.05, 0.1) is 4.92 Å². The third-order valence-electron chi connectivity index (χ3n) is 3.12. The van der Waals surface area contributed by atoms with Gasteiger partial charge in [-0.15, -0.1) is 0 Å². The van der Waals surface area contributed by atoms with Crippen LogP contribution in [0.5, 0.6) is 0 Å². The number of hydrogen-bond donors (Lipinski definition) is 2. The Morgan fingerprint density at radius 3 is 2.43 bits per heavy atom. The molecule has 0 unspecified atom stereocenters. The molecule has 0 aromatic heterocycles. The molecule has 0 spiro atoms. The van der Waals surface area contributed by atoms with Crippen LogP contribution in [0.1, 0.15) is 22.3 Å². The highest BCUT2D eigenvalue weighted by atomic mass is 16.6. The molecule has 2 rings (SSSR count). The number of aryl methyl sites for hydroxylation is 1. The first kappa shape index (κ1) is 16.2. The highest BCUT2D eigenvalue weighted by Crippen LogP contribution is 2.12. The molecule has 0 aliphatic rings. The van der Waals surface area contributed by atoms with Gasteiger partial charge < -0.3 is 0 Å². The van der Waals surface area contributed by atoms with E-state index in [0.29, 0.717) is 6.42 Å². The fourth-order valence-corrected chi connectivity index (χ4v) is 1.92. The van der Waals surface area contributed by atoms with Crippen molar-refractivity contribution in [2.24, 2.45) is 0 Å². The van der Waals surface area contributed by atoms with E-state index in [0.717, 1.165) is 11.6 Å². The van der Waals surface area contributed by atoms with Crippen LogP contribution >= 0.6 is 0 Å². The molecule has 0 aliphatic heterocycles. The summed E-state index contributed by atoms with van der Waals surface area (Å²) >= 11 is 0. The molecule has 7 nitrogen and oxygen atoms in total. The summed E-state index contributed by atoms with van der Waals surface area (Å²) in [4.78, 5) is 33.6. The first-order chi connectivity index (χ1) is 11.1. The molecule has 0 radical (unpaired) electrons. The van der Waals surface area contributed by atoms with Gasteiger partial charge in [-0.25, -0.2) is 0 Å². The van der Waals surface area contributed by atoms with Gasteiger partial charge >= 0.3 is 0 Å². The van der Waals surface area contributed by atoms with E-state index in [4.69, 9.17) is 0 Å². The molecule has 2 amide bonds. The number of nitro benzene ring substituents is 1. The number of amides is 2. The predicted octanol–water partition coefficient (Wildman–Crippen LogP) is 1.99. The number of nitrogens with zero attached hydrogens (tertiary/aromatic N) is 1. The molecule has 0 aliphatic carbocycles. The molecule has 0 bridgehead atoms. The van der Waals surface area contributed by atoms with E-state index in [-0.39, 0.29) is 23.6 Å². The summed E-state index contributed by atoms with van der Waals surface area (Å²) in [5, 5.41) is 10.7. The van der Waals surface area contributed by atoms with Crippen molar-refractivity contribution in [1.29, 1.82) is 0 Å². The van der Waals surface area contributed by atoms with E-state index in [9.17, 15) is 19.7 Å². The number of rotatable bonds is 5. The molecule has 2 aromatic carbocycles. The molecule has 7 heteroatoms. The summed E-state index contributed by atoms with van der Waals surface area (Å²) in [6.07, 6.45) is 0.776. The fraction of sp³-hybridized carbons (Fsp3) is 0.125. The Bertz CT molecular complexity index is 716. The molecule has 0 saturated carbocycles. The van der Waals surface area contributed by atoms with Crippen LogP contribution in [0.15, 0.2) is 54.6 Å². The molecule has 2 aromatic rings. The Balaban J connectivity index is 1.83. The summed E-state index contributed by atoms with van der Waals surface area (Å²) in [7, 11) is 0. The standard InChI is InChI=1S/C16H15N3O4/c20-15(10-9-12-5-2-1-3-6-12)17-18-16(21)13-7-4-8-14(11-13)19(22)23/h1-8,11H,9-10H2,(H,17,20)(H,18,21). The highest BCUT2D eigenvalue weighted by molar-refractivity contribution is 5.95. The van der Waals surface area contributed by atoms with Crippen LogP contribution < -0.4 is 10.9 Å². The van der Waals surface area contributed by atoms with Crippen molar-refractivity contribution >= 4 is 17.5 Å². The smallest absolute Gasteiger partial charge is 0.270 e. The lowest BCUT2D eigenvalue weighted by molar-refractivity contribution is -0.384. The van der Waals surface area contributed by atoms with Gasteiger partial charge in [0.15, 0.2) is 0 Å². The summed E-state index contributed by atoms with van der Waals surface area (Å²) in [5.74, 6) is -0.950. The molecular formula is C16H15N3O4. The molecule has 118 valence electrons. The average molecular weight is 313 g/mol. The first-order valence-electron chi connectivity index (χ1n) is 6.94. The van der Waals surface area contributed by atoms with Gasteiger partial charge in [0.2, 0.25) is 5.91 Å². The second-order valence-electron chi connectivity index (χ2n) is 4.80. The SMILES string of the molecule is O=C(CCc1ccccc1)NNC(=O)c1cccc([N+](=O)[O-])c1. The van der Waals surface area contributed by atoms with E-state index in [1.54, 1.807) is 0 Å². The van der Waals surface area contributed by atoms with Crippen molar-refractivity contribution in [2.75, 3.05) is 0 Å². The molecule has 23 heavy (non-hydrogen) atoms. The number of hydrazine groups is 1. The Morgan fingerprint density at radius 2 is 1.74 bits per heavy atom. The monoisotopic (exact) mass is 313 g/mol. The number of non-ortho nitro benzene ring substituents is 1. The zero-order valence-electron chi connectivity index (χ0n) is 12.2. The van der Waals surface area contributed by atoms with E-state index >= 15 is 0 Å². The molecule has 0 atom stereocenters. The van der Waals surface area contributed by atoms with Gasteiger partial charge in [0.25, 0.3) is 11.6 Å². The minimum atomic E-state index is -0.609. The van der Waals surface area contributed by atoms with Crippen molar-refractivity contribution in [3.63, 3.8) is 0 Å². The summed E-state index contributed by atoms with van der Waals surface area (Å²) in [6.45, 7) is 0. The van der Waals surface area contributed by atoms with E-state index < -0.39 is 10.8 Å². The largest absolute Gasteiger partial charge is 0.273 e. The minimum absolute atomic E-state index is 0.0996. The molecule has 0 fully saturated rings. The zero-order chi connectivity index (χ0) is 16.7. The van der Waals surface area contributed by atoms with Gasteiger partial charge in [-0.3, -0.25) is 30.6 Å². The maximum Gasteiger partial charge on any atom is 0.270 e. The van der Waals surface area contributed by atoms with Crippen molar-refractivity contribution < 1.29 is 14.5 Å². The van der Waals surface area contributed by atoms with Crippen molar-refractivity contribution in [1.82, 2.24) is 10.9 Å². The molecule has 0 saturated heterocycles. The summed E-state index contributed by atoms with van der Waals surface area (Å²) in [6, 6.07) is 14.8. The second-order valence-corrected chi connectivity index (χ2v) is 4.80. The minimum Gasteiger partial charge on any atom is -0.273 e. The predicted molar refractivity (Wildman–Crippen MR) is 83.5 cm³/mol. The Labute approximate surface area is 132 Å². The maximum absolute atomic E-state index is 11.8. The van der Waals surface area contributed by atoms with Gasteiger partial charge in [0.1, 0.15) is 0 Å². The molecular weight excluding hydrogens is 298 g/mol.